The molecule has 4 heteroatoms. The summed E-state index contributed by atoms with van der Waals surface area (Å²) >= 11 is 0. The summed E-state index contributed by atoms with van der Waals surface area (Å²) in [5, 5.41) is 0. The molecule has 0 spiro atoms. The summed E-state index contributed by atoms with van der Waals surface area (Å²) in [6.45, 7) is 4.71. The molecule has 4 atom stereocenters. The van der Waals surface area contributed by atoms with Crippen LogP contribution in [0.3, 0.4) is 0 Å². The van der Waals surface area contributed by atoms with Gasteiger partial charge in [-0.1, -0.05) is 19.8 Å². The fraction of sp³-hybridized carbons (Fsp3) is 0.933. The molecule has 4 unspecified atom stereocenters. The van der Waals surface area contributed by atoms with Gasteiger partial charge in [0.05, 0.1) is 0 Å². The molecule has 2 aliphatic rings. The van der Waals surface area contributed by atoms with Crippen LogP contribution in [0.5, 0.6) is 0 Å². The van der Waals surface area contributed by atoms with Crippen LogP contribution in [0.15, 0.2) is 0 Å². The van der Waals surface area contributed by atoms with Gasteiger partial charge in [0.2, 0.25) is 5.91 Å². The van der Waals surface area contributed by atoms with Gasteiger partial charge in [0.1, 0.15) is 0 Å². The Balaban J connectivity index is 2.00. The van der Waals surface area contributed by atoms with E-state index < -0.39 is 0 Å². The molecule has 2 rings (SSSR count). The maximum absolute atomic E-state index is 12.7. The van der Waals surface area contributed by atoms with Crippen molar-refractivity contribution in [3.63, 3.8) is 0 Å². The van der Waals surface area contributed by atoms with Crippen molar-refractivity contribution >= 4 is 5.91 Å². The van der Waals surface area contributed by atoms with Gasteiger partial charge in [-0.3, -0.25) is 4.79 Å². The van der Waals surface area contributed by atoms with Crippen LogP contribution in [0.2, 0.25) is 0 Å². The molecule has 1 heterocycles. The Morgan fingerprint density at radius 3 is 2.53 bits per heavy atom. The lowest BCUT2D eigenvalue weighted by Gasteiger charge is -2.32. The zero-order valence-electron chi connectivity index (χ0n) is 12.6. The number of likely N-dealkylation sites (N-methyl/N-ethyl adjacent to an activating group) is 1. The number of hydrogen-bond acceptors (Lipinski definition) is 3. The predicted octanol–water partition coefficient (Wildman–Crippen LogP) is 1.16. The van der Waals surface area contributed by atoms with Gasteiger partial charge in [-0.2, -0.15) is 0 Å². The Morgan fingerprint density at radius 2 is 1.95 bits per heavy atom. The van der Waals surface area contributed by atoms with Crippen molar-refractivity contribution in [1.29, 1.82) is 0 Å². The smallest absolute Gasteiger partial charge is 0.226 e. The van der Waals surface area contributed by atoms with Gasteiger partial charge in [0, 0.05) is 25.0 Å². The monoisotopic (exact) mass is 267 g/mol. The standard InChI is InChI=1S/C15H29N3O/c1-11-9-18(10-14(11)17(2)3)15(19)13-7-5-4-6-12(13)8-16/h11-14H,4-10,16H2,1-3H3. The topological polar surface area (TPSA) is 49.6 Å². The number of nitrogens with two attached hydrogens (primary N) is 1. The Kier molecular flexibility index (Phi) is 4.85. The van der Waals surface area contributed by atoms with Crippen LogP contribution in [0, 0.1) is 17.8 Å². The van der Waals surface area contributed by atoms with E-state index in [1.807, 2.05) is 0 Å². The first-order valence-electron chi connectivity index (χ1n) is 7.69. The SMILES string of the molecule is CC1CN(C(=O)C2CCCCC2CN)CC1N(C)C. The number of rotatable bonds is 3. The molecular formula is C15H29N3O. The molecule has 1 aliphatic carbocycles. The summed E-state index contributed by atoms with van der Waals surface area (Å²) in [5.74, 6) is 1.53. The van der Waals surface area contributed by atoms with Crippen LogP contribution in [0.4, 0.5) is 0 Å². The summed E-state index contributed by atoms with van der Waals surface area (Å²) in [4.78, 5) is 17.1. The third kappa shape index (κ3) is 3.11. The first-order chi connectivity index (χ1) is 9.04. The minimum atomic E-state index is 0.187. The normalized spacial score (nSPS) is 35.9. The highest BCUT2D eigenvalue weighted by atomic mass is 16.2. The lowest BCUT2D eigenvalue weighted by molar-refractivity contribution is -0.137. The Labute approximate surface area is 117 Å². The molecule has 2 fully saturated rings. The zero-order chi connectivity index (χ0) is 14.0. The lowest BCUT2D eigenvalue weighted by atomic mass is 9.78. The van der Waals surface area contributed by atoms with Crippen molar-refractivity contribution < 1.29 is 4.79 Å². The molecule has 1 amide bonds. The number of carbonyl (C=O) groups excluding carboxylic acids is 1. The first-order valence-corrected chi connectivity index (χ1v) is 7.69. The molecule has 1 aliphatic heterocycles. The molecule has 1 saturated heterocycles. The van der Waals surface area contributed by atoms with Crippen LogP contribution >= 0.6 is 0 Å². The molecule has 4 nitrogen and oxygen atoms in total. The summed E-state index contributed by atoms with van der Waals surface area (Å²) in [6.07, 6.45) is 4.60. The number of nitrogens with zero attached hydrogens (tertiary/aromatic N) is 2. The van der Waals surface area contributed by atoms with Crippen LogP contribution in [-0.2, 0) is 4.79 Å². The highest BCUT2D eigenvalue weighted by molar-refractivity contribution is 5.79. The molecule has 0 bridgehead atoms. The van der Waals surface area contributed by atoms with E-state index in [1.165, 1.54) is 12.8 Å². The fourth-order valence-corrected chi connectivity index (χ4v) is 3.85. The largest absolute Gasteiger partial charge is 0.341 e. The van der Waals surface area contributed by atoms with Crippen molar-refractivity contribution in [2.24, 2.45) is 23.5 Å². The van der Waals surface area contributed by atoms with Crippen molar-refractivity contribution in [3.8, 4) is 0 Å². The third-order valence-corrected chi connectivity index (χ3v) is 5.08. The highest BCUT2D eigenvalue weighted by Crippen LogP contribution is 2.32. The lowest BCUT2D eigenvalue weighted by Crippen LogP contribution is -2.42. The van der Waals surface area contributed by atoms with Crippen molar-refractivity contribution in [2.75, 3.05) is 33.7 Å². The second-order valence-corrected chi connectivity index (χ2v) is 6.64. The maximum atomic E-state index is 12.7. The van der Waals surface area contributed by atoms with Crippen molar-refractivity contribution in [1.82, 2.24) is 9.80 Å². The van der Waals surface area contributed by atoms with Crippen LogP contribution in [0.25, 0.3) is 0 Å². The van der Waals surface area contributed by atoms with Crippen LogP contribution < -0.4 is 5.73 Å². The van der Waals surface area contributed by atoms with E-state index in [1.54, 1.807) is 0 Å². The molecule has 19 heavy (non-hydrogen) atoms. The number of carbonyl (C=O) groups is 1. The van der Waals surface area contributed by atoms with Gasteiger partial charge in [0.25, 0.3) is 0 Å². The summed E-state index contributed by atoms with van der Waals surface area (Å²) in [7, 11) is 4.22. The van der Waals surface area contributed by atoms with Crippen LogP contribution in [-0.4, -0.2) is 55.5 Å². The Morgan fingerprint density at radius 1 is 1.26 bits per heavy atom. The number of likely N-dealkylation sites (tertiary alicyclic amines) is 1. The highest BCUT2D eigenvalue weighted by Gasteiger charge is 2.38. The summed E-state index contributed by atoms with van der Waals surface area (Å²) < 4.78 is 0. The minimum Gasteiger partial charge on any atom is -0.341 e. The quantitative estimate of drug-likeness (QED) is 0.835. The first kappa shape index (κ1) is 14.8. The maximum Gasteiger partial charge on any atom is 0.226 e. The van der Waals surface area contributed by atoms with Gasteiger partial charge in [-0.25, -0.2) is 0 Å². The average Bonchev–Trinajstić information content (AvgIpc) is 2.80. The van der Waals surface area contributed by atoms with Gasteiger partial charge in [-0.05, 0) is 45.3 Å². The van der Waals surface area contributed by atoms with E-state index in [9.17, 15) is 4.79 Å². The molecule has 1 saturated carbocycles. The molecule has 0 radical (unpaired) electrons. The van der Waals surface area contributed by atoms with Crippen LogP contribution in [0.1, 0.15) is 32.6 Å². The van der Waals surface area contributed by atoms with Gasteiger partial charge >= 0.3 is 0 Å². The number of amides is 1. The molecule has 0 aromatic rings. The molecule has 0 aromatic heterocycles. The minimum absolute atomic E-state index is 0.187. The van der Waals surface area contributed by atoms with E-state index in [4.69, 9.17) is 5.73 Å². The zero-order valence-corrected chi connectivity index (χ0v) is 12.6. The second-order valence-electron chi connectivity index (χ2n) is 6.64. The molecular weight excluding hydrogens is 238 g/mol. The summed E-state index contributed by atoms with van der Waals surface area (Å²) in [6, 6.07) is 0.504. The van der Waals surface area contributed by atoms with E-state index in [0.717, 1.165) is 25.9 Å². The Bertz CT molecular complexity index is 319. The summed E-state index contributed by atoms with van der Waals surface area (Å²) in [5.41, 5.74) is 5.85. The average molecular weight is 267 g/mol. The van der Waals surface area contributed by atoms with Gasteiger partial charge in [-0.15, -0.1) is 0 Å². The molecule has 0 aromatic carbocycles. The molecule has 2 N–H and O–H groups in total. The third-order valence-electron chi connectivity index (χ3n) is 5.08. The second kappa shape index (κ2) is 6.23. The number of hydrogen-bond donors (Lipinski definition) is 1. The van der Waals surface area contributed by atoms with Crippen molar-refractivity contribution in [2.45, 2.75) is 38.6 Å². The fourth-order valence-electron chi connectivity index (χ4n) is 3.85. The van der Waals surface area contributed by atoms with E-state index in [-0.39, 0.29) is 5.92 Å². The van der Waals surface area contributed by atoms with E-state index in [2.05, 4.69) is 30.8 Å². The van der Waals surface area contributed by atoms with Gasteiger partial charge < -0.3 is 15.5 Å². The predicted molar refractivity (Wildman–Crippen MR) is 77.7 cm³/mol. The van der Waals surface area contributed by atoms with Crippen molar-refractivity contribution in [3.05, 3.63) is 0 Å². The van der Waals surface area contributed by atoms with E-state index >= 15 is 0 Å². The Hall–Kier alpha value is -0.610. The van der Waals surface area contributed by atoms with E-state index in [0.29, 0.717) is 30.3 Å². The molecule has 110 valence electrons. The van der Waals surface area contributed by atoms with Gasteiger partial charge in [0.15, 0.2) is 0 Å².